The topological polar surface area (TPSA) is 58.2 Å². The van der Waals surface area contributed by atoms with Crippen LogP contribution >= 0.6 is 0 Å². The summed E-state index contributed by atoms with van der Waals surface area (Å²) in [4.78, 5) is 0. The number of sulfonamides is 1. The lowest BCUT2D eigenvalue weighted by Crippen LogP contribution is -2.35. The summed E-state index contributed by atoms with van der Waals surface area (Å²) >= 11 is 0. The van der Waals surface area contributed by atoms with Crippen LogP contribution in [-0.4, -0.2) is 33.3 Å². The maximum absolute atomic E-state index is 11.8. The van der Waals surface area contributed by atoms with Gasteiger partial charge in [-0.3, -0.25) is 0 Å². The average molecular weight is 278 g/mol. The Balaban J connectivity index is 3.73. The molecule has 0 spiro atoms. The van der Waals surface area contributed by atoms with Gasteiger partial charge in [0.15, 0.2) is 0 Å². The molecular formula is C13H30N2O2S. The zero-order valence-electron chi connectivity index (χ0n) is 12.3. The Morgan fingerprint density at radius 2 is 1.72 bits per heavy atom. The molecule has 0 saturated carbocycles. The second-order valence-electron chi connectivity index (χ2n) is 5.42. The smallest absolute Gasteiger partial charge is 0.211 e. The summed E-state index contributed by atoms with van der Waals surface area (Å²) in [5.74, 6) is 0.754. The van der Waals surface area contributed by atoms with Crippen LogP contribution in [-0.2, 0) is 10.0 Å². The Morgan fingerprint density at radius 3 is 2.28 bits per heavy atom. The number of nitrogens with one attached hydrogen (secondary N) is 2. The molecule has 0 aliphatic heterocycles. The van der Waals surface area contributed by atoms with Gasteiger partial charge in [-0.05, 0) is 51.6 Å². The Morgan fingerprint density at radius 1 is 1.06 bits per heavy atom. The number of hydrogen-bond acceptors (Lipinski definition) is 3. The van der Waals surface area contributed by atoms with Crippen molar-refractivity contribution in [3.63, 3.8) is 0 Å². The van der Waals surface area contributed by atoms with Crippen molar-refractivity contribution >= 4 is 10.0 Å². The molecule has 0 amide bonds. The van der Waals surface area contributed by atoms with Crippen LogP contribution < -0.4 is 10.0 Å². The minimum Gasteiger partial charge on any atom is -0.317 e. The highest BCUT2D eigenvalue weighted by molar-refractivity contribution is 7.89. The summed E-state index contributed by atoms with van der Waals surface area (Å²) in [6, 6.07) is 0.0354. The fourth-order valence-corrected chi connectivity index (χ4v) is 3.38. The van der Waals surface area contributed by atoms with E-state index in [1.54, 1.807) is 0 Å². The lowest BCUT2D eigenvalue weighted by atomic mass is 10.1. The minimum atomic E-state index is -3.10. The predicted octanol–water partition coefficient (Wildman–Crippen LogP) is 2.12. The molecule has 0 bridgehead atoms. The van der Waals surface area contributed by atoms with Crippen LogP contribution in [0.1, 0.15) is 53.4 Å². The SMILES string of the molecule is CCCNCCCCS(=O)(=O)NC(C)CC(C)C. The van der Waals surface area contributed by atoms with Gasteiger partial charge < -0.3 is 5.32 Å². The fourth-order valence-electron chi connectivity index (χ4n) is 1.96. The van der Waals surface area contributed by atoms with E-state index in [9.17, 15) is 8.42 Å². The van der Waals surface area contributed by atoms with E-state index in [0.29, 0.717) is 5.92 Å². The molecule has 0 heterocycles. The third-order valence-corrected chi connectivity index (χ3v) is 4.24. The van der Waals surface area contributed by atoms with Crippen LogP contribution in [0.4, 0.5) is 0 Å². The van der Waals surface area contributed by atoms with Gasteiger partial charge in [0.25, 0.3) is 0 Å². The monoisotopic (exact) mass is 278 g/mol. The zero-order valence-corrected chi connectivity index (χ0v) is 13.1. The van der Waals surface area contributed by atoms with Crippen LogP contribution in [0, 0.1) is 5.92 Å². The Bertz CT molecular complexity index is 289. The predicted molar refractivity (Wildman–Crippen MR) is 78.2 cm³/mol. The zero-order chi connectivity index (χ0) is 14.0. The van der Waals surface area contributed by atoms with Gasteiger partial charge in [-0.15, -0.1) is 0 Å². The highest BCUT2D eigenvalue weighted by atomic mass is 32.2. The summed E-state index contributed by atoms with van der Waals surface area (Å²) in [6.07, 6.45) is 3.64. The van der Waals surface area contributed by atoms with Crippen LogP contribution in [0.5, 0.6) is 0 Å². The van der Waals surface area contributed by atoms with Crippen LogP contribution in [0.25, 0.3) is 0 Å². The summed E-state index contributed by atoms with van der Waals surface area (Å²) in [7, 11) is -3.10. The molecule has 0 aliphatic rings. The second-order valence-corrected chi connectivity index (χ2v) is 7.30. The summed E-state index contributed by atoms with van der Waals surface area (Å²) < 4.78 is 26.3. The van der Waals surface area contributed by atoms with Gasteiger partial charge in [0.1, 0.15) is 0 Å². The summed E-state index contributed by atoms with van der Waals surface area (Å²) in [6.45, 7) is 10.2. The normalized spacial score (nSPS) is 14.1. The second kappa shape index (κ2) is 9.75. The van der Waals surface area contributed by atoms with Crippen molar-refractivity contribution in [2.45, 2.75) is 59.4 Å². The van der Waals surface area contributed by atoms with Crippen molar-refractivity contribution in [1.82, 2.24) is 10.0 Å². The van der Waals surface area contributed by atoms with E-state index in [4.69, 9.17) is 0 Å². The van der Waals surface area contributed by atoms with Gasteiger partial charge >= 0.3 is 0 Å². The molecule has 0 aliphatic carbocycles. The third-order valence-electron chi connectivity index (χ3n) is 2.65. The van der Waals surface area contributed by atoms with Crippen molar-refractivity contribution in [3.05, 3.63) is 0 Å². The van der Waals surface area contributed by atoms with E-state index in [1.807, 2.05) is 6.92 Å². The number of hydrogen-bond donors (Lipinski definition) is 2. The average Bonchev–Trinajstić information content (AvgIpc) is 2.20. The maximum atomic E-state index is 11.8. The molecule has 0 aromatic carbocycles. The van der Waals surface area contributed by atoms with Crippen molar-refractivity contribution in [2.24, 2.45) is 5.92 Å². The first-order valence-corrected chi connectivity index (χ1v) is 8.73. The first kappa shape index (κ1) is 17.9. The largest absolute Gasteiger partial charge is 0.317 e. The van der Waals surface area contributed by atoms with E-state index in [0.717, 1.165) is 38.8 Å². The van der Waals surface area contributed by atoms with Gasteiger partial charge in [-0.1, -0.05) is 20.8 Å². The Hall–Kier alpha value is -0.130. The molecule has 0 aromatic heterocycles. The summed E-state index contributed by atoms with van der Waals surface area (Å²) in [5, 5.41) is 3.27. The van der Waals surface area contributed by atoms with Crippen molar-refractivity contribution in [3.8, 4) is 0 Å². The van der Waals surface area contributed by atoms with E-state index >= 15 is 0 Å². The molecule has 1 unspecified atom stereocenters. The van der Waals surface area contributed by atoms with Crippen molar-refractivity contribution in [1.29, 1.82) is 0 Å². The van der Waals surface area contributed by atoms with Crippen molar-refractivity contribution in [2.75, 3.05) is 18.8 Å². The molecule has 1 atom stereocenters. The Labute approximate surface area is 113 Å². The number of rotatable bonds is 11. The number of unbranched alkanes of at least 4 members (excludes halogenated alkanes) is 1. The molecule has 2 N–H and O–H groups in total. The molecule has 4 nitrogen and oxygen atoms in total. The Kier molecular flexibility index (Phi) is 9.68. The van der Waals surface area contributed by atoms with E-state index in [2.05, 4.69) is 30.8 Å². The van der Waals surface area contributed by atoms with Gasteiger partial charge in [-0.2, -0.15) is 0 Å². The first-order valence-electron chi connectivity index (χ1n) is 7.08. The quantitative estimate of drug-likeness (QED) is 0.569. The molecule has 0 fully saturated rings. The molecule has 18 heavy (non-hydrogen) atoms. The maximum Gasteiger partial charge on any atom is 0.211 e. The van der Waals surface area contributed by atoms with E-state index in [1.165, 1.54) is 0 Å². The highest BCUT2D eigenvalue weighted by Crippen LogP contribution is 2.05. The van der Waals surface area contributed by atoms with Gasteiger partial charge in [0.05, 0.1) is 5.75 Å². The molecular weight excluding hydrogens is 248 g/mol. The lowest BCUT2D eigenvalue weighted by molar-refractivity contribution is 0.481. The van der Waals surface area contributed by atoms with Gasteiger partial charge in [0.2, 0.25) is 10.0 Å². The molecule has 5 heteroatoms. The molecule has 110 valence electrons. The molecule has 0 saturated heterocycles. The van der Waals surface area contributed by atoms with Crippen LogP contribution in [0.2, 0.25) is 0 Å². The van der Waals surface area contributed by atoms with Crippen molar-refractivity contribution < 1.29 is 8.42 Å². The van der Waals surface area contributed by atoms with Gasteiger partial charge in [0, 0.05) is 6.04 Å². The van der Waals surface area contributed by atoms with Crippen LogP contribution in [0.3, 0.4) is 0 Å². The standard InChI is InChI=1S/C13H30N2O2S/c1-5-8-14-9-6-7-10-18(16,17)15-13(4)11-12(2)3/h12-15H,5-11H2,1-4H3. The third kappa shape index (κ3) is 11.0. The molecule has 0 radical (unpaired) electrons. The van der Waals surface area contributed by atoms with E-state index < -0.39 is 10.0 Å². The fraction of sp³-hybridized carbons (Fsp3) is 1.00. The minimum absolute atomic E-state index is 0.0354. The molecule has 0 rings (SSSR count). The van der Waals surface area contributed by atoms with Gasteiger partial charge in [-0.25, -0.2) is 13.1 Å². The van der Waals surface area contributed by atoms with E-state index in [-0.39, 0.29) is 11.8 Å². The van der Waals surface area contributed by atoms with Crippen LogP contribution in [0.15, 0.2) is 0 Å². The highest BCUT2D eigenvalue weighted by Gasteiger charge is 2.14. The molecule has 0 aromatic rings. The lowest BCUT2D eigenvalue weighted by Gasteiger charge is -2.16. The first-order chi connectivity index (χ1) is 8.37. The summed E-state index contributed by atoms with van der Waals surface area (Å²) in [5.41, 5.74) is 0.